The molecule has 7 heteroatoms. The van der Waals surface area contributed by atoms with E-state index in [0.29, 0.717) is 13.0 Å². The van der Waals surface area contributed by atoms with Gasteiger partial charge in [0.15, 0.2) is 0 Å². The second kappa shape index (κ2) is 4.90. The number of halogens is 3. The number of hydrogen-bond donors (Lipinski definition) is 3. The van der Waals surface area contributed by atoms with Crippen LogP contribution in [0.4, 0.5) is 24.5 Å². The normalized spacial score (nSPS) is 23.6. The Morgan fingerprint density at radius 2 is 2.16 bits per heavy atom. The van der Waals surface area contributed by atoms with Crippen LogP contribution in [0.5, 0.6) is 0 Å². The number of aliphatic hydroxyl groups is 1. The molecule has 1 aliphatic rings. The van der Waals surface area contributed by atoms with Gasteiger partial charge in [-0.3, -0.25) is 0 Å². The van der Waals surface area contributed by atoms with Gasteiger partial charge in [-0.15, -0.1) is 0 Å². The lowest BCUT2D eigenvalue weighted by molar-refractivity contribution is -0.136. The van der Waals surface area contributed by atoms with E-state index in [9.17, 15) is 18.3 Å². The fraction of sp³-hybridized carbons (Fsp3) is 0.500. The van der Waals surface area contributed by atoms with Gasteiger partial charge in [0.25, 0.3) is 0 Å². The highest BCUT2D eigenvalue weighted by Gasteiger charge is 2.34. The molecule has 1 heterocycles. The van der Waals surface area contributed by atoms with Crippen molar-refractivity contribution in [2.24, 2.45) is 0 Å². The highest BCUT2D eigenvalue weighted by Crippen LogP contribution is 2.35. The van der Waals surface area contributed by atoms with Gasteiger partial charge in [-0.25, -0.2) is 0 Å². The zero-order chi connectivity index (χ0) is 14.1. The lowest BCUT2D eigenvalue weighted by Crippen LogP contribution is -2.37. The summed E-state index contributed by atoms with van der Waals surface area (Å²) in [7, 11) is 0. The van der Waals surface area contributed by atoms with Crippen LogP contribution in [0.1, 0.15) is 12.0 Å². The van der Waals surface area contributed by atoms with Gasteiger partial charge in [-0.05, 0) is 18.2 Å². The molecule has 1 aliphatic heterocycles. The van der Waals surface area contributed by atoms with Crippen molar-refractivity contribution >= 4 is 11.4 Å². The summed E-state index contributed by atoms with van der Waals surface area (Å²) in [6, 6.07) is 3.58. The third kappa shape index (κ3) is 3.30. The van der Waals surface area contributed by atoms with Crippen molar-refractivity contribution in [3.8, 4) is 0 Å². The summed E-state index contributed by atoms with van der Waals surface area (Å²) in [4.78, 5) is 0. The van der Waals surface area contributed by atoms with Crippen LogP contribution >= 0.6 is 0 Å². The number of nitrogens with two attached hydrogens (primary N) is 1. The van der Waals surface area contributed by atoms with E-state index in [-0.39, 0.29) is 24.5 Å². The van der Waals surface area contributed by atoms with E-state index in [1.807, 2.05) is 0 Å². The number of nitrogen functional groups attached to an aromatic ring is 1. The summed E-state index contributed by atoms with van der Waals surface area (Å²) >= 11 is 0. The van der Waals surface area contributed by atoms with E-state index >= 15 is 0 Å². The summed E-state index contributed by atoms with van der Waals surface area (Å²) in [5, 5.41) is 12.8. The third-order valence-corrected chi connectivity index (χ3v) is 3.06. The Hall–Kier alpha value is -1.47. The predicted molar refractivity (Wildman–Crippen MR) is 64.7 cm³/mol. The molecule has 106 valence electrons. The number of hydrogen-bond acceptors (Lipinski definition) is 4. The molecule has 0 spiro atoms. The molecule has 4 nitrogen and oxygen atoms in total. The van der Waals surface area contributed by atoms with Gasteiger partial charge in [0.2, 0.25) is 0 Å². The van der Waals surface area contributed by atoms with Gasteiger partial charge in [-0.1, -0.05) is 0 Å². The number of alkyl halides is 3. The van der Waals surface area contributed by atoms with Gasteiger partial charge in [0, 0.05) is 30.9 Å². The first kappa shape index (κ1) is 14.0. The van der Waals surface area contributed by atoms with Crippen LogP contribution in [-0.2, 0) is 10.9 Å². The maximum Gasteiger partial charge on any atom is 0.418 e. The topological polar surface area (TPSA) is 67.5 Å². The molecule has 1 unspecified atom stereocenters. The highest BCUT2D eigenvalue weighted by molar-refractivity contribution is 5.58. The maximum absolute atomic E-state index is 12.7. The van der Waals surface area contributed by atoms with Crippen molar-refractivity contribution < 1.29 is 23.0 Å². The molecule has 4 N–H and O–H groups in total. The van der Waals surface area contributed by atoms with Crippen LogP contribution in [0.2, 0.25) is 0 Å². The number of nitrogens with one attached hydrogen (secondary N) is 1. The smallest absolute Gasteiger partial charge is 0.398 e. The molecular weight excluding hydrogens is 261 g/mol. The summed E-state index contributed by atoms with van der Waals surface area (Å²) in [6.45, 7) is 0.767. The van der Waals surface area contributed by atoms with E-state index in [1.54, 1.807) is 0 Å². The highest BCUT2D eigenvalue weighted by atomic mass is 19.4. The van der Waals surface area contributed by atoms with E-state index in [1.165, 1.54) is 12.1 Å². The monoisotopic (exact) mass is 276 g/mol. The molecule has 1 fully saturated rings. The molecular formula is C12H15F3N2O2. The van der Waals surface area contributed by atoms with Crippen molar-refractivity contribution in [1.82, 2.24) is 0 Å². The Balaban J connectivity index is 2.09. The van der Waals surface area contributed by atoms with Crippen LogP contribution < -0.4 is 11.1 Å². The van der Waals surface area contributed by atoms with Crippen LogP contribution in [0.3, 0.4) is 0 Å². The van der Waals surface area contributed by atoms with Crippen LogP contribution in [0.25, 0.3) is 0 Å². The molecule has 1 aromatic rings. The van der Waals surface area contributed by atoms with Crippen LogP contribution in [-0.4, -0.2) is 30.5 Å². The van der Waals surface area contributed by atoms with E-state index in [2.05, 4.69) is 5.32 Å². The Kier molecular flexibility index (Phi) is 3.60. The molecule has 1 atom stereocenters. The quantitative estimate of drug-likeness (QED) is 0.737. The van der Waals surface area contributed by atoms with E-state index in [4.69, 9.17) is 10.5 Å². The number of anilines is 2. The second-order valence-electron chi connectivity index (χ2n) is 4.68. The van der Waals surface area contributed by atoms with Crippen molar-refractivity contribution in [3.63, 3.8) is 0 Å². The molecule has 0 bridgehead atoms. The molecule has 2 rings (SSSR count). The minimum absolute atomic E-state index is 0.133. The molecule has 0 aliphatic carbocycles. The summed E-state index contributed by atoms with van der Waals surface area (Å²) in [5.41, 5.74) is 3.34. The minimum Gasteiger partial charge on any atom is -0.398 e. The van der Waals surface area contributed by atoms with Crippen molar-refractivity contribution in [2.45, 2.75) is 18.2 Å². The Labute approximate surface area is 108 Å². The molecule has 1 saturated heterocycles. The van der Waals surface area contributed by atoms with Gasteiger partial charge in [-0.2, -0.15) is 13.2 Å². The SMILES string of the molecule is Nc1ccc(NCC2(O)CCOC2)cc1C(F)(F)F. The maximum atomic E-state index is 12.7. The first-order valence-electron chi connectivity index (χ1n) is 5.81. The number of ether oxygens (including phenoxy) is 1. The lowest BCUT2D eigenvalue weighted by atomic mass is 10.0. The van der Waals surface area contributed by atoms with Gasteiger partial charge in [0.1, 0.15) is 5.60 Å². The fourth-order valence-corrected chi connectivity index (χ4v) is 1.91. The molecule has 0 amide bonds. The first-order chi connectivity index (χ1) is 8.80. The van der Waals surface area contributed by atoms with Crippen molar-refractivity contribution in [1.29, 1.82) is 0 Å². The summed E-state index contributed by atoms with van der Waals surface area (Å²) in [6.07, 6.45) is -4.03. The van der Waals surface area contributed by atoms with Crippen LogP contribution in [0, 0.1) is 0 Å². The Bertz CT molecular complexity index is 457. The first-order valence-corrected chi connectivity index (χ1v) is 5.81. The number of rotatable bonds is 3. The molecule has 0 radical (unpaired) electrons. The van der Waals surface area contributed by atoms with Gasteiger partial charge < -0.3 is 20.9 Å². The third-order valence-electron chi connectivity index (χ3n) is 3.06. The number of benzene rings is 1. The molecule has 0 saturated carbocycles. The molecule has 19 heavy (non-hydrogen) atoms. The summed E-state index contributed by atoms with van der Waals surface area (Å²) in [5.74, 6) is 0. The minimum atomic E-state index is -4.49. The van der Waals surface area contributed by atoms with Gasteiger partial charge in [0.05, 0.1) is 12.2 Å². The fourth-order valence-electron chi connectivity index (χ4n) is 1.91. The lowest BCUT2D eigenvalue weighted by Gasteiger charge is -2.22. The average molecular weight is 276 g/mol. The van der Waals surface area contributed by atoms with Crippen LogP contribution in [0.15, 0.2) is 18.2 Å². The standard InChI is InChI=1S/C12H15F3N2O2/c13-12(14,15)9-5-8(1-2-10(9)16)17-6-11(18)3-4-19-7-11/h1-2,5,17-18H,3-4,6-7,16H2. The van der Waals surface area contributed by atoms with E-state index in [0.717, 1.165) is 6.07 Å². The zero-order valence-electron chi connectivity index (χ0n) is 10.1. The van der Waals surface area contributed by atoms with Gasteiger partial charge >= 0.3 is 6.18 Å². The Morgan fingerprint density at radius 1 is 1.42 bits per heavy atom. The van der Waals surface area contributed by atoms with E-state index < -0.39 is 17.3 Å². The van der Waals surface area contributed by atoms with Crippen molar-refractivity contribution in [3.05, 3.63) is 23.8 Å². The van der Waals surface area contributed by atoms with Crippen molar-refractivity contribution in [2.75, 3.05) is 30.8 Å². The molecule has 1 aromatic carbocycles. The average Bonchev–Trinajstić information content (AvgIpc) is 2.74. The Morgan fingerprint density at radius 3 is 2.74 bits per heavy atom. The summed E-state index contributed by atoms with van der Waals surface area (Å²) < 4.78 is 43.1. The zero-order valence-corrected chi connectivity index (χ0v) is 10.1. The second-order valence-corrected chi connectivity index (χ2v) is 4.68. The molecule has 0 aromatic heterocycles. The predicted octanol–water partition coefficient (Wildman–Crippen LogP) is 1.85. The largest absolute Gasteiger partial charge is 0.418 e.